The van der Waals surface area contributed by atoms with Crippen molar-refractivity contribution in [1.82, 2.24) is 4.98 Å². The van der Waals surface area contributed by atoms with Gasteiger partial charge in [-0.15, -0.1) is 0 Å². The molecule has 2 unspecified atom stereocenters. The van der Waals surface area contributed by atoms with Crippen molar-refractivity contribution in [3.05, 3.63) is 29.6 Å². The summed E-state index contributed by atoms with van der Waals surface area (Å²) < 4.78 is 5.98. The lowest BCUT2D eigenvalue weighted by Gasteiger charge is -2.28. The fraction of sp³-hybridized carbons (Fsp3) is 0.571. The predicted octanol–water partition coefficient (Wildman–Crippen LogP) is 2.46. The van der Waals surface area contributed by atoms with Crippen LogP contribution in [-0.4, -0.2) is 16.9 Å². The molecule has 2 rings (SSSR count). The quantitative estimate of drug-likeness (QED) is 0.634. The van der Waals surface area contributed by atoms with Crippen molar-refractivity contribution in [3.63, 3.8) is 0 Å². The number of nitrogens with two attached hydrogens (primary N) is 1. The molecule has 1 heterocycles. The van der Waals surface area contributed by atoms with E-state index in [0.29, 0.717) is 24.3 Å². The minimum Gasteiger partial charge on any atom is -0.382 e. The van der Waals surface area contributed by atoms with Gasteiger partial charge in [-0.1, -0.05) is 25.8 Å². The predicted molar refractivity (Wildman–Crippen MR) is 71.5 cm³/mol. The summed E-state index contributed by atoms with van der Waals surface area (Å²) in [5, 5.41) is 7.50. The van der Waals surface area contributed by atoms with Gasteiger partial charge < -0.3 is 10.5 Å². The Morgan fingerprint density at radius 2 is 2.28 bits per heavy atom. The first-order valence-corrected chi connectivity index (χ1v) is 6.58. The normalized spacial score (nSPS) is 23.8. The van der Waals surface area contributed by atoms with E-state index in [9.17, 15) is 0 Å². The van der Waals surface area contributed by atoms with Crippen LogP contribution in [0.1, 0.15) is 43.9 Å². The molecule has 1 aliphatic rings. The number of hydrogen-bond donors (Lipinski definition) is 2. The van der Waals surface area contributed by atoms with Crippen molar-refractivity contribution in [2.45, 2.75) is 45.3 Å². The highest BCUT2D eigenvalue weighted by atomic mass is 16.5. The lowest BCUT2D eigenvalue weighted by atomic mass is 9.88. The zero-order chi connectivity index (χ0) is 13.0. The first kappa shape index (κ1) is 13.0. The molecule has 0 radical (unpaired) electrons. The maximum absolute atomic E-state index is 7.50. The average molecular weight is 247 g/mol. The Morgan fingerprint density at radius 3 is 3.00 bits per heavy atom. The van der Waals surface area contributed by atoms with E-state index >= 15 is 0 Å². The second-order valence-corrected chi connectivity index (χ2v) is 5.04. The molecule has 1 fully saturated rings. The largest absolute Gasteiger partial charge is 0.382 e. The summed E-state index contributed by atoms with van der Waals surface area (Å²) in [6, 6.07) is 3.78. The highest BCUT2D eigenvalue weighted by Gasteiger charge is 2.22. The third-order valence-electron chi connectivity index (χ3n) is 3.63. The molecule has 4 nitrogen and oxygen atoms in total. The average Bonchev–Trinajstić information content (AvgIpc) is 2.38. The van der Waals surface area contributed by atoms with Crippen molar-refractivity contribution >= 4 is 5.84 Å². The smallest absolute Gasteiger partial charge is 0.142 e. The molecular weight excluding hydrogens is 226 g/mol. The summed E-state index contributed by atoms with van der Waals surface area (Å²) in [6.45, 7) is 2.75. The molecule has 2 atom stereocenters. The number of nitrogens with one attached hydrogen (secondary N) is 1. The Hall–Kier alpha value is -1.42. The number of ether oxygens (including phenoxy) is 1. The number of aromatic nitrogens is 1. The van der Waals surface area contributed by atoms with Gasteiger partial charge in [0.25, 0.3) is 0 Å². The van der Waals surface area contributed by atoms with E-state index < -0.39 is 0 Å². The lowest BCUT2D eigenvalue weighted by Crippen LogP contribution is -2.26. The van der Waals surface area contributed by atoms with Gasteiger partial charge in [-0.2, -0.15) is 0 Å². The monoisotopic (exact) mass is 247 g/mol. The minimum atomic E-state index is 0.00546. The van der Waals surface area contributed by atoms with Gasteiger partial charge in [0.2, 0.25) is 0 Å². The van der Waals surface area contributed by atoms with E-state index in [1.807, 2.05) is 12.1 Å². The van der Waals surface area contributed by atoms with Crippen LogP contribution in [0, 0.1) is 11.3 Å². The van der Waals surface area contributed by atoms with Gasteiger partial charge in [-0.3, -0.25) is 10.4 Å². The Bertz CT molecular complexity index is 419. The number of nitrogens with zero attached hydrogens (tertiary/aromatic N) is 1. The SMILES string of the molecule is CC1CCCCC1OCc1cccnc1C(=N)N. The van der Waals surface area contributed by atoms with Crippen molar-refractivity contribution in [2.75, 3.05) is 0 Å². The summed E-state index contributed by atoms with van der Waals surface area (Å²) in [5.41, 5.74) is 6.96. The van der Waals surface area contributed by atoms with E-state index in [1.165, 1.54) is 19.3 Å². The van der Waals surface area contributed by atoms with Crippen LogP contribution >= 0.6 is 0 Å². The molecular formula is C14H21N3O. The molecule has 0 aromatic carbocycles. The number of amidine groups is 1. The summed E-state index contributed by atoms with van der Waals surface area (Å²) in [6.07, 6.45) is 6.94. The van der Waals surface area contributed by atoms with Crippen LogP contribution in [-0.2, 0) is 11.3 Å². The maximum atomic E-state index is 7.50. The second-order valence-electron chi connectivity index (χ2n) is 5.04. The lowest BCUT2D eigenvalue weighted by molar-refractivity contribution is -0.0156. The van der Waals surface area contributed by atoms with E-state index in [1.54, 1.807) is 6.20 Å². The Labute approximate surface area is 108 Å². The molecule has 18 heavy (non-hydrogen) atoms. The molecule has 1 aliphatic carbocycles. The summed E-state index contributed by atoms with van der Waals surface area (Å²) in [5.74, 6) is 0.627. The molecule has 98 valence electrons. The third-order valence-corrected chi connectivity index (χ3v) is 3.63. The van der Waals surface area contributed by atoms with Crippen LogP contribution < -0.4 is 5.73 Å². The van der Waals surface area contributed by atoms with Crippen LogP contribution in [0.25, 0.3) is 0 Å². The molecule has 0 saturated heterocycles. The Morgan fingerprint density at radius 1 is 1.50 bits per heavy atom. The van der Waals surface area contributed by atoms with Gasteiger partial charge in [0.15, 0.2) is 0 Å². The summed E-state index contributed by atoms with van der Waals surface area (Å²) >= 11 is 0. The molecule has 3 N–H and O–H groups in total. The van der Waals surface area contributed by atoms with E-state index in [2.05, 4.69) is 11.9 Å². The number of nitrogen functional groups attached to an aromatic ring is 1. The van der Waals surface area contributed by atoms with Crippen molar-refractivity contribution in [1.29, 1.82) is 5.41 Å². The van der Waals surface area contributed by atoms with E-state index in [-0.39, 0.29) is 5.84 Å². The number of pyridine rings is 1. The molecule has 4 heteroatoms. The van der Waals surface area contributed by atoms with Gasteiger partial charge in [0, 0.05) is 11.8 Å². The van der Waals surface area contributed by atoms with Gasteiger partial charge in [0.05, 0.1) is 12.7 Å². The number of hydrogen-bond acceptors (Lipinski definition) is 3. The van der Waals surface area contributed by atoms with Crippen molar-refractivity contribution in [3.8, 4) is 0 Å². The van der Waals surface area contributed by atoms with Gasteiger partial charge in [-0.25, -0.2) is 0 Å². The molecule has 0 amide bonds. The Kier molecular flexibility index (Phi) is 4.31. The molecule has 1 aromatic heterocycles. The standard InChI is InChI=1S/C14H21N3O/c1-10-5-2-3-7-12(10)18-9-11-6-4-8-17-13(11)14(15)16/h4,6,8,10,12H,2-3,5,7,9H2,1H3,(H3,15,16). The first-order valence-electron chi connectivity index (χ1n) is 6.58. The van der Waals surface area contributed by atoms with Crippen LogP contribution in [0.3, 0.4) is 0 Å². The molecule has 0 spiro atoms. The highest BCUT2D eigenvalue weighted by molar-refractivity contribution is 5.94. The molecule has 1 saturated carbocycles. The Balaban J connectivity index is 1.99. The minimum absolute atomic E-state index is 0.00546. The van der Waals surface area contributed by atoms with E-state index in [0.717, 1.165) is 12.0 Å². The summed E-state index contributed by atoms with van der Waals surface area (Å²) in [4.78, 5) is 4.13. The van der Waals surface area contributed by atoms with Crippen molar-refractivity contribution < 1.29 is 4.74 Å². The highest BCUT2D eigenvalue weighted by Crippen LogP contribution is 2.27. The maximum Gasteiger partial charge on any atom is 0.142 e. The fourth-order valence-corrected chi connectivity index (χ4v) is 2.52. The topological polar surface area (TPSA) is 72.0 Å². The van der Waals surface area contributed by atoms with Crippen LogP contribution in [0.15, 0.2) is 18.3 Å². The molecule has 0 aliphatic heterocycles. The van der Waals surface area contributed by atoms with Gasteiger partial charge >= 0.3 is 0 Å². The summed E-state index contributed by atoms with van der Waals surface area (Å²) in [7, 11) is 0. The van der Waals surface area contributed by atoms with Gasteiger partial charge in [-0.05, 0) is 24.8 Å². The van der Waals surface area contributed by atoms with Crippen molar-refractivity contribution in [2.24, 2.45) is 11.7 Å². The first-order chi connectivity index (χ1) is 8.68. The fourth-order valence-electron chi connectivity index (χ4n) is 2.52. The third kappa shape index (κ3) is 3.07. The number of rotatable bonds is 4. The van der Waals surface area contributed by atoms with Crippen LogP contribution in [0.2, 0.25) is 0 Å². The molecule has 1 aromatic rings. The zero-order valence-corrected chi connectivity index (χ0v) is 10.9. The zero-order valence-electron chi connectivity index (χ0n) is 10.9. The van der Waals surface area contributed by atoms with Gasteiger partial charge in [0.1, 0.15) is 11.5 Å². The second kappa shape index (κ2) is 5.96. The van der Waals surface area contributed by atoms with Crippen LogP contribution in [0.4, 0.5) is 0 Å². The van der Waals surface area contributed by atoms with Crippen LogP contribution in [0.5, 0.6) is 0 Å². The van der Waals surface area contributed by atoms with E-state index in [4.69, 9.17) is 15.9 Å². The molecule has 0 bridgehead atoms.